The smallest absolute Gasteiger partial charge is 0.277 e. The second kappa shape index (κ2) is 9.47. The van der Waals surface area contributed by atoms with E-state index in [4.69, 9.17) is 14.0 Å². The lowest BCUT2D eigenvalue weighted by Crippen LogP contribution is -2.33. The van der Waals surface area contributed by atoms with Gasteiger partial charge in [-0.3, -0.25) is 9.59 Å². The van der Waals surface area contributed by atoms with Gasteiger partial charge in [0.05, 0.1) is 19.9 Å². The van der Waals surface area contributed by atoms with Crippen LogP contribution in [0.3, 0.4) is 0 Å². The van der Waals surface area contributed by atoms with Crippen LogP contribution in [-0.2, 0) is 6.42 Å². The fourth-order valence-corrected chi connectivity index (χ4v) is 3.29. The molecular weight excluding hydrogens is 386 g/mol. The highest BCUT2D eigenvalue weighted by molar-refractivity contribution is 6.05. The summed E-state index contributed by atoms with van der Waals surface area (Å²) in [4.78, 5) is 27.4. The summed E-state index contributed by atoms with van der Waals surface area (Å²) in [6, 6.07) is 4.83. The first-order valence-corrected chi connectivity index (χ1v) is 9.90. The Labute approximate surface area is 175 Å². The molecule has 30 heavy (non-hydrogen) atoms. The number of anilines is 1. The number of methoxy groups -OCH3 is 2. The number of hydrogen-bond acceptors (Lipinski definition) is 6. The average molecular weight is 413 g/mol. The standard InChI is InChI=1S/C22H27N3O5/c1-14(2)10-16-13-18(24-30-16)21(26)23-17-11-15(12-19(28-3)20(17)29-4)22(27)25-8-6-5-7-9-25/h5-6,11-14H,7-10H2,1-4H3,(H,23,26). The van der Waals surface area contributed by atoms with Gasteiger partial charge >= 0.3 is 0 Å². The molecule has 0 saturated carbocycles. The Kier molecular flexibility index (Phi) is 6.76. The minimum Gasteiger partial charge on any atom is -0.493 e. The van der Waals surface area contributed by atoms with Crippen LogP contribution in [0, 0.1) is 5.92 Å². The van der Waals surface area contributed by atoms with Crippen LogP contribution in [0.5, 0.6) is 11.5 Å². The van der Waals surface area contributed by atoms with Crippen molar-refractivity contribution in [2.24, 2.45) is 5.92 Å². The van der Waals surface area contributed by atoms with Crippen molar-refractivity contribution in [3.63, 3.8) is 0 Å². The summed E-state index contributed by atoms with van der Waals surface area (Å²) in [5, 5.41) is 6.62. The van der Waals surface area contributed by atoms with E-state index in [1.807, 2.05) is 6.08 Å². The van der Waals surface area contributed by atoms with Gasteiger partial charge in [-0.15, -0.1) is 0 Å². The fourth-order valence-electron chi connectivity index (χ4n) is 3.29. The molecule has 1 aliphatic heterocycles. The summed E-state index contributed by atoms with van der Waals surface area (Å²) in [7, 11) is 2.96. The maximum Gasteiger partial charge on any atom is 0.277 e. The summed E-state index contributed by atoms with van der Waals surface area (Å²) in [5.41, 5.74) is 0.884. The molecule has 0 aliphatic carbocycles. The van der Waals surface area contributed by atoms with Crippen molar-refractivity contribution in [1.29, 1.82) is 0 Å². The van der Waals surface area contributed by atoms with Gasteiger partial charge in [0.1, 0.15) is 5.76 Å². The zero-order chi connectivity index (χ0) is 21.7. The van der Waals surface area contributed by atoms with Crippen molar-refractivity contribution < 1.29 is 23.6 Å². The van der Waals surface area contributed by atoms with Crippen LogP contribution in [0.25, 0.3) is 0 Å². The quantitative estimate of drug-likeness (QED) is 0.698. The molecule has 2 heterocycles. The third-order valence-corrected chi connectivity index (χ3v) is 4.72. The van der Waals surface area contributed by atoms with E-state index >= 15 is 0 Å². The fraction of sp³-hybridized carbons (Fsp3) is 0.409. The van der Waals surface area contributed by atoms with E-state index in [2.05, 4.69) is 30.4 Å². The molecule has 0 bridgehead atoms. The number of carbonyl (C=O) groups is 2. The molecule has 0 saturated heterocycles. The maximum atomic E-state index is 12.9. The summed E-state index contributed by atoms with van der Waals surface area (Å²) in [6.07, 6.45) is 5.51. The van der Waals surface area contributed by atoms with Crippen molar-refractivity contribution in [3.8, 4) is 11.5 Å². The molecule has 2 aromatic rings. The molecule has 0 fully saturated rings. The molecule has 160 valence electrons. The average Bonchev–Trinajstić information content (AvgIpc) is 3.21. The summed E-state index contributed by atoms with van der Waals surface area (Å²) < 4.78 is 16.1. The number of aromatic nitrogens is 1. The van der Waals surface area contributed by atoms with E-state index in [1.165, 1.54) is 14.2 Å². The number of nitrogens with zero attached hydrogens (tertiary/aromatic N) is 2. The second-order valence-electron chi connectivity index (χ2n) is 7.50. The number of carbonyl (C=O) groups excluding carboxylic acids is 2. The van der Waals surface area contributed by atoms with Crippen LogP contribution in [-0.4, -0.2) is 49.2 Å². The molecule has 8 heteroatoms. The molecule has 1 aliphatic rings. The second-order valence-corrected chi connectivity index (χ2v) is 7.50. The SMILES string of the molecule is COc1cc(C(=O)N2CC=CCC2)cc(NC(=O)c2cc(CC(C)C)on2)c1OC. The molecule has 1 aromatic carbocycles. The summed E-state index contributed by atoms with van der Waals surface area (Å²) in [5.74, 6) is 1.10. The minimum absolute atomic E-state index is 0.142. The first kappa shape index (κ1) is 21.4. The molecule has 1 N–H and O–H groups in total. The Bertz CT molecular complexity index is 948. The molecule has 8 nitrogen and oxygen atoms in total. The minimum atomic E-state index is -0.459. The van der Waals surface area contributed by atoms with Crippen molar-refractivity contribution in [2.45, 2.75) is 26.7 Å². The normalized spacial score (nSPS) is 13.4. The first-order valence-electron chi connectivity index (χ1n) is 9.90. The van der Waals surface area contributed by atoms with E-state index in [1.54, 1.807) is 23.1 Å². The van der Waals surface area contributed by atoms with E-state index in [0.717, 1.165) is 6.42 Å². The molecule has 1 aromatic heterocycles. The highest BCUT2D eigenvalue weighted by atomic mass is 16.5. The molecular formula is C22H27N3O5. The van der Waals surface area contributed by atoms with Crippen LogP contribution < -0.4 is 14.8 Å². The Morgan fingerprint density at radius 2 is 2.00 bits per heavy atom. The molecule has 3 rings (SSSR count). The molecule has 2 amide bonds. The number of benzene rings is 1. The van der Waals surface area contributed by atoms with Crippen LogP contribution in [0.1, 0.15) is 46.9 Å². The Balaban J connectivity index is 1.88. The Morgan fingerprint density at radius 1 is 1.20 bits per heavy atom. The lowest BCUT2D eigenvalue weighted by Gasteiger charge is -2.24. The monoisotopic (exact) mass is 413 g/mol. The highest BCUT2D eigenvalue weighted by Gasteiger charge is 2.23. The topological polar surface area (TPSA) is 93.9 Å². The van der Waals surface area contributed by atoms with Gasteiger partial charge in [0, 0.05) is 31.1 Å². The zero-order valence-corrected chi connectivity index (χ0v) is 17.7. The van der Waals surface area contributed by atoms with Gasteiger partial charge in [-0.1, -0.05) is 31.2 Å². The van der Waals surface area contributed by atoms with Crippen LogP contribution >= 0.6 is 0 Å². The van der Waals surface area contributed by atoms with Gasteiger partial charge in [0.2, 0.25) is 0 Å². The van der Waals surface area contributed by atoms with Crippen molar-refractivity contribution in [3.05, 3.63) is 47.4 Å². The van der Waals surface area contributed by atoms with Crippen LogP contribution in [0.15, 0.2) is 34.9 Å². The van der Waals surface area contributed by atoms with Gasteiger partial charge in [-0.05, 0) is 24.5 Å². The third kappa shape index (κ3) is 4.82. The lowest BCUT2D eigenvalue weighted by molar-refractivity contribution is 0.0770. The number of rotatable bonds is 7. The van der Waals surface area contributed by atoms with Gasteiger partial charge in [-0.25, -0.2) is 0 Å². The number of hydrogen-bond donors (Lipinski definition) is 1. The van der Waals surface area contributed by atoms with E-state index in [0.29, 0.717) is 53.9 Å². The van der Waals surface area contributed by atoms with Gasteiger partial charge in [0.15, 0.2) is 17.2 Å². The number of ether oxygens (including phenoxy) is 2. The van der Waals surface area contributed by atoms with Crippen LogP contribution in [0.2, 0.25) is 0 Å². The highest BCUT2D eigenvalue weighted by Crippen LogP contribution is 2.37. The number of nitrogens with one attached hydrogen (secondary N) is 1. The van der Waals surface area contributed by atoms with Gasteiger partial charge in [-0.2, -0.15) is 0 Å². The first-order chi connectivity index (χ1) is 14.4. The zero-order valence-electron chi connectivity index (χ0n) is 17.7. The Morgan fingerprint density at radius 3 is 2.63 bits per heavy atom. The predicted molar refractivity (Wildman–Crippen MR) is 112 cm³/mol. The van der Waals surface area contributed by atoms with Crippen molar-refractivity contribution in [1.82, 2.24) is 10.1 Å². The van der Waals surface area contributed by atoms with Crippen molar-refractivity contribution in [2.75, 3.05) is 32.6 Å². The van der Waals surface area contributed by atoms with E-state index in [9.17, 15) is 9.59 Å². The lowest BCUT2D eigenvalue weighted by atomic mass is 10.1. The molecule has 0 unspecified atom stereocenters. The maximum absolute atomic E-state index is 12.9. The van der Waals surface area contributed by atoms with Crippen molar-refractivity contribution >= 4 is 17.5 Å². The summed E-state index contributed by atoms with van der Waals surface area (Å²) in [6.45, 7) is 5.30. The van der Waals surface area contributed by atoms with Gasteiger partial charge < -0.3 is 24.2 Å². The van der Waals surface area contributed by atoms with E-state index < -0.39 is 5.91 Å². The van der Waals surface area contributed by atoms with Crippen LogP contribution in [0.4, 0.5) is 5.69 Å². The molecule has 0 spiro atoms. The molecule has 0 atom stereocenters. The van der Waals surface area contributed by atoms with E-state index in [-0.39, 0.29) is 11.6 Å². The molecule has 0 radical (unpaired) electrons. The Hall–Kier alpha value is -3.29. The predicted octanol–water partition coefficient (Wildman–Crippen LogP) is 3.54. The largest absolute Gasteiger partial charge is 0.493 e. The number of amides is 2. The summed E-state index contributed by atoms with van der Waals surface area (Å²) >= 11 is 0. The van der Waals surface area contributed by atoms with Gasteiger partial charge in [0.25, 0.3) is 11.8 Å². The third-order valence-electron chi connectivity index (χ3n) is 4.72.